The van der Waals surface area contributed by atoms with Crippen molar-refractivity contribution in [3.63, 3.8) is 0 Å². The molecule has 1 aromatic heterocycles. The van der Waals surface area contributed by atoms with E-state index in [-0.39, 0.29) is 0 Å². The fourth-order valence-electron chi connectivity index (χ4n) is 2.68. The zero-order valence-electron chi connectivity index (χ0n) is 13.8. The fourth-order valence-corrected chi connectivity index (χ4v) is 2.68. The molecule has 0 bridgehead atoms. The van der Waals surface area contributed by atoms with Crippen molar-refractivity contribution in [2.24, 2.45) is 10.9 Å². The minimum atomic E-state index is 0.481. The van der Waals surface area contributed by atoms with Gasteiger partial charge in [-0.2, -0.15) is 5.10 Å². The third-order valence-electron chi connectivity index (χ3n) is 3.99. The fraction of sp³-hybridized carbons (Fsp3) is 0.733. The van der Waals surface area contributed by atoms with Crippen molar-refractivity contribution in [1.82, 2.24) is 25.7 Å². The monoisotopic (exact) mass is 308 g/mol. The lowest BCUT2D eigenvalue weighted by Gasteiger charge is -2.37. The molecule has 1 aromatic rings. The quantitative estimate of drug-likeness (QED) is 0.525. The zero-order valence-corrected chi connectivity index (χ0v) is 13.8. The minimum Gasteiger partial charge on any atom is -0.379 e. The van der Waals surface area contributed by atoms with Gasteiger partial charge in [-0.05, 0) is 12.0 Å². The molecule has 124 valence electrons. The molecule has 0 saturated carbocycles. The maximum Gasteiger partial charge on any atom is 0.191 e. The number of rotatable bonds is 6. The third kappa shape index (κ3) is 4.99. The first-order valence-corrected chi connectivity index (χ1v) is 7.95. The highest BCUT2D eigenvalue weighted by Gasteiger charge is 2.23. The van der Waals surface area contributed by atoms with Gasteiger partial charge in [-0.3, -0.25) is 15.0 Å². The number of aromatic nitrogens is 2. The SMILES string of the molecule is CN=C(NCc1ccn[nH]1)NCC(C(C)C)N1CCOCC1. The Balaban J connectivity index is 1.81. The lowest BCUT2D eigenvalue weighted by atomic mass is 10.0. The number of nitrogens with zero attached hydrogens (tertiary/aromatic N) is 3. The highest BCUT2D eigenvalue weighted by molar-refractivity contribution is 5.79. The average molecular weight is 308 g/mol. The van der Waals surface area contributed by atoms with Gasteiger partial charge in [0.25, 0.3) is 0 Å². The highest BCUT2D eigenvalue weighted by Crippen LogP contribution is 2.12. The summed E-state index contributed by atoms with van der Waals surface area (Å²) in [5.41, 5.74) is 1.04. The van der Waals surface area contributed by atoms with Gasteiger partial charge in [0, 0.05) is 38.9 Å². The summed E-state index contributed by atoms with van der Waals surface area (Å²) < 4.78 is 5.45. The van der Waals surface area contributed by atoms with E-state index in [2.05, 4.69) is 44.6 Å². The average Bonchev–Trinajstić information content (AvgIpc) is 3.04. The third-order valence-corrected chi connectivity index (χ3v) is 3.99. The van der Waals surface area contributed by atoms with Crippen LogP contribution in [0.15, 0.2) is 17.3 Å². The van der Waals surface area contributed by atoms with E-state index in [1.165, 1.54) is 0 Å². The number of aliphatic imine (C=N–C) groups is 1. The topological polar surface area (TPSA) is 77.6 Å². The number of hydrogen-bond acceptors (Lipinski definition) is 4. The van der Waals surface area contributed by atoms with E-state index in [4.69, 9.17) is 4.74 Å². The van der Waals surface area contributed by atoms with Crippen LogP contribution in [0.3, 0.4) is 0 Å². The van der Waals surface area contributed by atoms with E-state index in [1.807, 2.05) is 6.07 Å². The van der Waals surface area contributed by atoms with Crippen LogP contribution in [0, 0.1) is 5.92 Å². The molecular weight excluding hydrogens is 280 g/mol. The molecule has 1 unspecified atom stereocenters. The first-order chi connectivity index (χ1) is 10.7. The van der Waals surface area contributed by atoms with Crippen molar-refractivity contribution in [1.29, 1.82) is 0 Å². The number of nitrogens with one attached hydrogen (secondary N) is 3. The maximum atomic E-state index is 5.45. The van der Waals surface area contributed by atoms with Crippen LogP contribution in [-0.2, 0) is 11.3 Å². The molecular formula is C15H28N6O. The van der Waals surface area contributed by atoms with E-state index in [1.54, 1.807) is 13.2 Å². The van der Waals surface area contributed by atoms with Gasteiger partial charge in [0.15, 0.2) is 5.96 Å². The predicted molar refractivity (Wildman–Crippen MR) is 87.8 cm³/mol. The van der Waals surface area contributed by atoms with Crippen LogP contribution in [0.4, 0.5) is 0 Å². The van der Waals surface area contributed by atoms with Crippen molar-refractivity contribution in [2.75, 3.05) is 39.9 Å². The largest absolute Gasteiger partial charge is 0.379 e. The Labute approximate surface area is 132 Å². The van der Waals surface area contributed by atoms with Gasteiger partial charge >= 0.3 is 0 Å². The molecule has 1 atom stereocenters. The molecule has 1 aliphatic heterocycles. The molecule has 0 spiro atoms. The van der Waals surface area contributed by atoms with Gasteiger partial charge in [-0.25, -0.2) is 0 Å². The summed E-state index contributed by atoms with van der Waals surface area (Å²) in [6, 6.07) is 2.43. The molecule has 2 rings (SSSR count). The second-order valence-corrected chi connectivity index (χ2v) is 5.85. The number of hydrogen-bond donors (Lipinski definition) is 3. The summed E-state index contributed by atoms with van der Waals surface area (Å²) in [6.07, 6.45) is 1.75. The van der Waals surface area contributed by atoms with E-state index < -0.39 is 0 Å². The van der Waals surface area contributed by atoms with E-state index in [9.17, 15) is 0 Å². The molecule has 3 N–H and O–H groups in total. The highest BCUT2D eigenvalue weighted by atomic mass is 16.5. The summed E-state index contributed by atoms with van der Waals surface area (Å²) in [7, 11) is 1.79. The first-order valence-electron chi connectivity index (χ1n) is 7.95. The Morgan fingerprint density at radius 2 is 2.18 bits per heavy atom. The molecule has 22 heavy (non-hydrogen) atoms. The summed E-state index contributed by atoms with van der Waals surface area (Å²) in [5.74, 6) is 1.39. The minimum absolute atomic E-state index is 0.481. The van der Waals surface area contributed by atoms with Crippen LogP contribution >= 0.6 is 0 Å². The molecule has 0 aliphatic carbocycles. The van der Waals surface area contributed by atoms with Crippen LogP contribution < -0.4 is 10.6 Å². The summed E-state index contributed by atoms with van der Waals surface area (Å²) >= 11 is 0. The van der Waals surface area contributed by atoms with Gasteiger partial charge in [0.2, 0.25) is 0 Å². The molecule has 1 aliphatic rings. The summed E-state index contributed by atoms with van der Waals surface area (Å²) in [5, 5.41) is 13.6. The number of aromatic amines is 1. The summed E-state index contributed by atoms with van der Waals surface area (Å²) in [4.78, 5) is 6.78. The van der Waals surface area contributed by atoms with E-state index >= 15 is 0 Å². The van der Waals surface area contributed by atoms with Crippen molar-refractivity contribution in [3.8, 4) is 0 Å². The molecule has 7 nitrogen and oxygen atoms in total. The van der Waals surface area contributed by atoms with Crippen molar-refractivity contribution < 1.29 is 4.74 Å². The smallest absolute Gasteiger partial charge is 0.191 e. The number of H-pyrrole nitrogens is 1. The van der Waals surface area contributed by atoms with Gasteiger partial charge in [0.1, 0.15) is 0 Å². The lowest BCUT2D eigenvalue weighted by Crippen LogP contribution is -2.52. The van der Waals surface area contributed by atoms with Crippen molar-refractivity contribution in [3.05, 3.63) is 18.0 Å². The molecule has 0 aromatic carbocycles. The Morgan fingerprint density at radius 1 is 1.41 bits per heavy atom. The molecule has 1 fully saturated rings. The normalized spacial score (nSPS) is 18.5. The van der Waals surface area contributed by atoms with Gasteiger partial charge in [-0.1, -0.05) is 13.8 Å². The van der Waals surface area contributed by atoms with Gasteiger partial charge < -0.3 is 15.4 Å². The molecule has 0 radical (unpaired) electrons. The number of guanidine groups is 1. The standard InChI is InChI=1S/C15H28N6O/c1-12(2)14(21-6-8-22-9-7-21)11-18-15(16-3)17-10-13-4-5-19-20-13/h4-5,12,14H,6-11H2,1-3H3,(H,19,20)(H2,16,17,18). The molecule has 2 heterocycles. The number of morpholine rings is 1. The Morgan fingerprint density at radius 3 is 2.77 bits per heavy atom. The molecule has 7 heteroatoms. The van der Waals surface area contributed by atoms with Crippen LogP contribution in [0.25, 0.3) is 0 Å². The summed E-state index contributed by atoms with van der Waals surface area (Å²) in [6.45, 7) is 9.76. The zero-order chi connectivity index (χ0) is 15.8. The number of ether oxygens (including phenoxy) is 1. The van der Waals surface area contributed by atoms with Crippen LogP contribution in [0.5, 0.6) is 0 Å². The Bertz CT molecular complexity index is 439. The van der Waals surface area contributed by atoms with E-state index in [0.717, 1.165) is 44.5 Å². The predicted octanol–water partition coefficient (Wildman–Crippen LogP) is 0.432. The van der Waals surface area contributed by atoms with Gasteiger partial charge in [0.05, 0.1) is 25.5 Å². The van der Waals surface area contributed by atoms with Crippen molar-refractivity contribution in [2.45, 2.75) is 26.4 Å². The maximum absolute atomic E-state index is 5.45. The molecule has 1 saturated heterocycles. The van der Waals surface area contributed by atoms with Crippen LogP contribution in [0.2, 0.25) is 0 Å². The first kappa shape index (κ1) is 16.8. The Kier molecular flexibility index (Phi) is 6.67. The molecule has 0 amide bonds. The van der Waals surface area contributed by atoms with Crippen molar-refractivity contribution >= 4 is 5.96 Å². The Hall–Kier alpha value is -1.60. The second kappa shape index (κ2) is 8.75. The second-order valence-electron chi connectivity index (χ2n) is 5.85. The van der Waals surface area contributed by atoms with Gasteiger partial charge in [-0.15, -0.1) is 0 Å². The lowest BCUT2D eigenvalue weighted by molar-refractivity contribution is 0.00752. The van der Waals surface area contributed by atoms with E-state index in [0.29, 0.717) is 18.5 Å². The van der Waals surface area contributed by atoms with Crippen LogP contribution in [0.1, 0.15) is 19.5 Å². The van der Waals surface area contributed by atoms with Crippen LogP contribution in [-0.4, -0.2) is 67.0 Å².